The average molecular weight is 768 g/mol. The van der Waals surface area contributed by atoms with E-state index in [0.717, 1.165) is 5.56 Å². The summed E-state index contributed by atoms with van der Waals surface area (Å²) < 4.78 is 68.9. The molecule has 1 unspecified atom stereocenters. The van der Waals surface area contributed by atoms with Crippen molar-refractivity contribution in [2.75, 3.05) is 32.1 Å². The molecule has 1 atom stereocenters. The number of pyridine rings is 2. The molecule has 0 radical (unpaired) electrons. The molecule has 14 heteroatoms. The predicted octanol–water partition coefficient (Wildman–Crippen LogP) is 4.88. The van der Waals surface area contributed by atoms with Crippen molar-refractivity contribution in [3.63, 3.8) is 0 Å². The number of phenols is 1. The van der Waals surface area contributed by atoms with Crippen LogP contribution in [0.2, 0.25) is 0 Å². The summed E-state index contributed by atoms with van der Waals surface area (Å²) in [7, 11) is -8.11. The van der Waals surface area contributed by atoms with Crippen LogP contribution < -0.4 is 5.32 Å². The van der Waals surface area contributed by atoms with E-state index in [1.54, 1.807) is 83.8 Å². The van der Waals surface area contributed by atoms with Crippen LogP contribution in [0, 0.1) is 5.82 Å². The summed E-state index contributed by atoms with van der Waals surface area (Å²) in [6.45, 7) is 2.37. The maximum Gasteiger partial charge on any atom is 0.240 e. The van der Waals surface area contributed by atoms with Crippen molar-refractivity contribution in [2.24, 2.45) is 0 Å². The molecule has 1 aliphatic heterocycles. The van der Waals surface area contributed by atoms with Crippen LogP contribution in [0.25, 0.3) is 21.5 Å². The quantitative estimate of drug-likeness (QED) is 0.177. The molecule has 0 aliphatic carbocycles. The number of phenolic OH excluding ortho intramolecular Hbond substituents is 1. The Morgan fingerprint density at radius 3 is 1.96 bits per heavy atom. The number of aromatic hydroxyl groups is 1. The molecule has 1 saturated heterocycles. The zero-order valence-electron chi connectivity index (χ0n) is 29.2. The smallest absolute Gasteiger partial charge is 0.240 e. The van der Waals surface area contributed by atoms with Gasteiger partial charge in [0.25, 0.3) is 0 Å². The maximum atomic E-state index is 14.3. The number of rotatable bonds is 12. The fourth-order valence-electron chi connectivity index (χ4n) is 6.84. The molecule has 0 saturated carbocycles. The maximum absolute atomic E-state index is 14.3. The number of piperazine rings is 1. The number of halogens is 1. The van der Waals surface area contributed by atoms with Crippen molar-refractivity contribution in [2.45, 2.75) is 34.8 Å². The highest BCUT2D eigenvalue weighted by Gasteiger charge is 2.31. The number of hydrogen-bond acceptors (Lipinski definition) is 10. The van der Waals surface area contributed by atoms with E-state index in [1.807, 2.05) is 0 Å². The SMILES string of the molecule is O=C(C(Cc1ccc(O)cc1CS(=O)(=O)c1nccc2ccccc12)NCS(=O)(=O)c1nccc2ccccc12)N1CCN(Cc2ccc(F)cc2)CC1. The van der Waals surface area contributed by atoms with E-state index in [9.17, 15) is 31.1 Å². The van der Waals surface area contributed by atoms with Crippen molar-refractivity contribution in [3.8, 4) is 5.75 Å². The number of amides is 1. The van der Waals surface area contributed by atoms with E-state index in [1.165, 1.54) is 36.7 Å². The standard InChI is InChI=1S/C40H38FN5O6S2/c41-33-12-9-28(10-13-33)25-45-19-21-46(22-20-45)40(48)37(44-27-54(51,52)39-36-8-4-2-6-30(36)16-18-43-39)24-31-11-14-34(47)23-32(31)26-53(49,50)38-35-7-3-1-5-29(35)15-17-42-38/h1-18,23,37,44,47H,19-22,24-27H2. The zero-order valence-corrected chi connectivity index (χ0v) is 30.8. The second-order valence-corrected chi connectivity index (χ2v) is 17.1. The number of carbonyl (C=O) groups excluding carboxylic acids is 1. The fraction of sp³-hybridized carbons (Fsp3) is 0.225. The topological polar surface area (TPSA) is 150 Å². The number of nitrogens with one attached hydrogen (secondary N) is 1. The van der Waals surface area contributed by atoms with Crippen LogP contribution in [0.4, 0.5) is 4.39 Å². The van der Waals surface area contributed by atoms with Gasteiger partial charge in [-0.25, -0.2) is 31.2 Å². The first-order valence-electron chi connectivity index (χ1n) is 17.4. The van der Waals surface area contributed by atoms with Gasteiger partial charge in [0.15, 0.2) is 19.9 Å². The summed E-state index contributed by atoms with van der Waals surface area (Å²) in [4.78, 5) is 26.5. The third kappa shape index (κ3) is 8.26. The number of sulfone groups is 2. The van der Waals surface area contributed by atoms with E-state index in [-0.39, 0.29) is 39.5 Å². The van der Waals surface area contributed by atoms with Crippen LogP contribution in [-0.2, 0) is 43.2 Å². The number of fused-ring (bicyclic) bond motifs is 2. The Kier molecular flexibility index (Phi) is 10.7. The van der Waals surface area contributed by atoms with Gasteiger partial charge in [0.1, 0.15) is 17.4 Å². The number of aromatic nitrogens is 2. The third-order valence-corrected chi connectivity index (χ3v) is 12.7. The van der Waals surface area contributed by atoms with E-state index in [0.29, 0.717) is 59.8 Å². The van der Waals surface area contributed by atoms with Gasteiger partial charge in [-0.05, 0) is 70.3 Å². The molecule has 54 heavy (non-hydrogen) atoms. The summed E-state index contributed by atoms with van der Waals surface area (Å²) in [5.41, 5.74) is 1.64. The first-order valence-corrected chi connectivity index (χ1v) is 20.7. The van der Waals surface area contributed by atoms with Gasteiger partial charge in [-0.15, -0.1) is 0 Å². The van der Waals surface area contributed by atoms with Gasteiger partial charge in [0.05, 0.1) is 11.8 Å². The molecule has 2 aromatic heterocycles. The van der Waals surface area contributed by atoms with Gasteiger partial charge in [-0.1, -0.05) is 66.7 Å². The highest BCUT2D eigenvalue weighted by molar-refractivity contribution is 7.91. The molecule has 1 amide bonds. The lowest BCUT2D eigenvalue weighted by Gasteiger charge is -2.36. The summed E-state index contributed by atoms with van der Waals surface area (Å²) in [5.74, 6) is -1.95. The fourth-order valence-corrected chi connectivity index (χ4v) is 9.70. The summed E-state index contributed by atoms with van der Waals surface area (Å²) in [6.07, 6.45) is 2.79. The molecule has 2 N–H and O–H groups in total. The normalized spacial score (nSPS) is 14.7. The van der Waals surface area contributed by atoms with E-state index < -0.39 is 37.3 Å². The molecule has 278 valence electrons. The minimum Gasteiger partial charge on any atom is -0.508 e. The van der Waals surface area contributed by atoms with Crippen LogP contribution in [0.3, 0.4) is 0 Å². The molecular formula is C40H38FN5O6S2. The number of benzene rings is 4. The Morgan fingerprint density at radius 2 is 1.33 bits per heavy atom. The molecule has 3 heterocycles. The summed E-state index contributed by atoms with van der Waals surface area (Å²) >= 11 is 0. The third-order valence-electron chi connectivity index (χ3n) is 9.64. The van der Waals surface area contributed by atoms with Gasteiger partial charge >= 0.3 is 0 Å². The molecule has 6 aromatic rings. The van der Waals surface area contributed by atoms with Crippen LogP contribution in [-0.4, -0.2) is 85.7 Å². The monoisotopic (exact) mass is 767 g/mol. The molecule has 7 rings (SSSR count). The zero-order chi connectivity index (χ0) is 37.9. The molecule has 1 aliphatic rings. The van der Waals surface area contributed by atoms with Gasteiger partial charge in [-0.3, -0.25) is 15.0 Å². The van der Waals surface area contributed by atoms with Gasteiger partial charge in [0.2, 0.25) is 15.7 Å². The first-order chi connectivity index (χ1) is 26.0. The van der Waals surface area contributed by atoms with Crippen LogP contribution >= 0.6 is 0 Å². The predicted molar refractivity (Wildman–Crippen MR) is 203 cm³/mol. The highest BCUT2D eigenvalue weighted by Crippen LogP contribution is 2.28. The second-order valence-electron chi connectivity index (χ2n) is 13.3. The van der Waals surface area contributed by atoms with Crippen LogP contribution in [0.1, 0.15) is 16.7 Å². The van der Waals surface area contributed by atoms with Crippen molar-refractivity contribution in [3.05, 3.63) is 138 Å². The Bertz CT molecular complexity index is 2530. The molecule has 0 bridgehead atoms. The minimum absolute atomic E-state index is 0.0682. The lowest BCUT2D eigenvalue weighted by Crippen LogP contribution is -2.55. The molecule has 1 fully saturated rings. The van der Waals surface area contributed by atoms with Gasteiger partial charge < -0.3 is 10.0 Å². The average Bonchev–Trinajstić information content (AvgIpc) is 3.17. The Hall–Kier alpha value is -5.28. The molecule has 0 spiro atoms. The van der Waals surface area contributed by atoms with E-state index in [4.69, 9.17) is 0 Å². The van der Waals surface area contributed by atoms with Crippen molar-refractivity contribution < 1.29 is 31.1 Å². The largest absolute Gasteiger partial charge is 0.508 e. The lowest BCUT2D eigenvalue weighted by molar-refractivity contribution is -0.135. The van der Waals surface area contributed by atoms with Gasteiger partial charge in [0, 0.05) is 55.9 Å². The highest BCUT2D eigenvalue weighted by atomic mass is 32.2. The number of carbonyl (C=O) groups is 1. The lowest BCUT2D eigenvalue weighted by atomic mass is 9.99. The van der Waals surface area contributed by atoms with Crippen molar-refractivity contribution in [1.82, 2.24) is 25.1 Å². The van der Waals surface area contributed by atoms with Crippen molar-refractivity contribution in [1.29, 1.82) is 0 Å². The molecule has 4 aromatic carbocycles. The molecular weight excluding hydrogens is 730 g/mol. The minimum atomic E-state index is -4.06. The Morgan fingerprint density at radius 1 is 0.741 bits per heavy atom. The van der Waals surface area contributed by atoms with Crippen molar-refractivity contribution >= 4 is 47.1 Å². The number of nitrogens with zero attached hydrogens (tertiary/aromatic N) is 4. The summed E-state index contributed by atoms with van der Waals surface area (Å²) in [6, 6.07) is 27.0. The van der Waals surface area contributed by atoms with Crippen LogP contribution in [0.5, 0.6) is 5.75 Å². The first kappa shape index (κ1) is 37.1. The van der Waals surface area contributed by atoms with Crippen LogP contribution in [0.15, 0.2) is 126 Å². The summed E-state index contributed by atoms with van der Waals surface area (Å²) in [5, 5.41) is 15.6. The van der Waals surface area contributed by atoms with E-state index >= 15 is 0 Å². The Balaban J connectivity index is 1.16. The van der Waals surface area contributed by atoms with Gasteiger partial charge in [-0.2, -0.15) is 0 Å². The van der Waals surface area contributed by atoms with E-state index in [2.05, 4.69) is 20.2 Å². The number of hydrogen-bond donors (Lipinski definition) is 2. The Labute approximate surface area is 312 Å². The second kappa shape index (κ2) is 15.6. The molecule has 11 nitrogen and oxygen atoms in total.